The molecule has 0 bridgehead atoms. The summed E-state index contributed by atoms with van der Waals surface area (Å²) < 4.78 is 6.00. The lowest BCUT2D eigenvalue weighted by molar-refractivity contribution is 0.242. The van der Waals surface area contributed by atoms with Crippen LogP contribution in [0.25, 0.3) is 11.1 Å². The standard InChI is InChI=1S/C24H29NO/c1-15(2)26-18-10-11-20-21(14-18)22(12-16(3)25(4)5)24-19-9-7-6-8-17(19)13-23(20)24/h6-11,14-16,23H,12-13H2,1-5H3. The Kier molecular flexibility index (Phi) is 4.40. The Balaban J connectivity index is 1.84. The minimum atomic E-state index is 0.200. The number of hydrogen-bond acceptors (Lipinski definition) is 2. The van der Waals surface area contributed by atoms with Gasteiger partial charge in [-0.3, -0.25) is 0 Å². The van der Waals surface area contributed by atoms with E-state index in [9.17, 15) is 0 Å². The highest BCUT2D eigenvalue weighted by molar-refractivity contribution is 6.02. The zero-order valence-corrected chi connectivity index (χ0v) is 16.5. The first-order valence-electron chi connectivity index (χ1n) is 9.74. The lowest BCUT2D eigenvalue weighted by atomic mass is 9.95. The average Bonchev–Trinajstić information content (AvgIpc) is 3.10. The third-order valence-corrected chi connectivity index (χ3v) is 5.88. The molecule has 0 radical (unpaired) electrons. The van der Waals surface area contributed by atoms with Crippen LogP contribution in [-0.2, 0) is 6.42 Å². The van der Waals surface area contributed by atoms with Crippen molar-refractivity contribution in [3.63, 3.8) is 0 Å². The summed E-state index contributed by atoms with van der Waals surface area (Å²) in [4.78, 5) is 2.32. The van der Waals surface area contributed by atoms with Gasteiger partial charge < -0.3 is 9.64 Å². The zero-order valence-electron chi connectivity index (χ0n) is 16.5. The lowest BCUT2D eigenvalue weighted by Gasteiger charge is -2.22. The molecule has 2 aromatic rings. The third kappa shape index (κ3) is 2.87. The van der Waals surface area contributed by atoms with Crippen LogP contribution >= 0.6 is 0 Å². The van der Waals surface area contributed by atoms with E-state index in [2.05, 4.69) is 82.2 Å². The van der Waals surface area contributed by atoms with Crippen LogP contribution in [0, 0.1) is 0 Å². The maximum absolute atomic E-state index is 6.00. The third-order valence-electron chi connectivity index (χ3n) is 5.88. The Labute approximate surface area is 157 Å². The van der Waals surface area contributed by atoms with Crippen molar-refractivity contribution in [2.75, 3.05) is 14.1 Å². The molecule has 2 unspecified atom stereocenters. The minimum absolute atomic E-state index is 0.200. The van der Waals surface area contributed by atoms with Gasteiger partial charge in [0.2, 0.25) is 0 Å². The molecule has 136 valence electrons. The SMILES string of the molecule is CC(C)Oc1ccc2c(c1)C(CC(C)N(C)C)=C1c3ccccc3CC12. The predicted octanol–water partition coefficient (Wildman–Crippen LogP) is 5.38. The van der Waals surface area contributed by atoms with Gasteiger partial charge in [-0.05, 0) is 93.2 Å². The molecule has 2 atom stereocenters. The van der Waals surface area contributed by atoms with E-state index in [1.807, 2.05) is 0 Å². The maximum Gasteiger partial charge on any atom is 0.120 e. The van der Waals surface area contributed by atoms with E-state index in [0.29, 0.717) is 12.0 Å². The van der Waals surface area contributed by atoms with Crippen molar-refractivity contribution < 1.29 is 4.74 Å². The highest BCUT2D eigenvalue weighted by Crippen LogP contribution is 2.55. The molecule has 2 heteroatoms. The van der Waals surface area contributed by atoms with E-state index in [0.717, 1.165) is 18.6 Å². The van der Waals surface area contributed by atoms with E-state index < -0.39 is 0 Å². The molecule has 0 aromatic heterocycles. The van der Waals surface area contributed by atoms with Gasteiger partial charge in [-0.25, -0.2) is 0 Å². The van der Waals surface area contributed by atoms with Gasteiger partial charge in [0.15, 0.2) is 0 Å². The summed E-state index contributed by atoms with van der Waals surface area (Å²) in [6.07, 6.45) is 2.40. The Morgan fingerprint density at radius 3 is 2.54 bits per heavy atom. The number of benzene rings is 2. The minimum Gasteiger partial charge on any atom is -0.491 e. The number of ether oxygens (including phenoxy) is 1. The quantitative estimate of drug-likeness (QED) is 0.720. The molecule has 2 aromatic carbocycles. The van der Waals surface area contributed by atoms with Crippen molar-refractivity contribution in [3.05, 3.63) is 64.7 Å². The van der Waals surface area contributed by atoms with Crippen molar-refractivity contribution in [1.29, 1.82) is 0 Å². The van der Waals surface area contributed by atoms with Gasteiger partial charge in [-0.15, -0.1) is 0 Å². The molecule has 0 saturated carbocycles. The molecule has 0 heterocycles. The summed E-state index contributed by atoms with van der Waals surface area (Å²) in [5.74, 6) is 1.50. The van der Waals surface area contributed by atoms with Gasteiger partial charge in [0.1, 0.15) is 5.75 Å². The smallest absolute Gasteiger partial charge is 0.120 e. The first-order valence-corrected chi connectivity index (χ1v) is 9.74. The van der Waals surface area contributed by atoms with Gasteiger partial charge >= 0.3 is 0 Å². The van der Waals surface area contributed by atoms with E-state index in [1.165, 1.54) is 27.8 Å². The summed E-state index contributed by atoms with van der Waals surface area (Å²) in [5.41, 5.74) is 8.92. The van der Waals surface area contributed by atoms with E-state index >= 15 is 0 Å². The molecule has 0 saturated heterocycles. The van der Waals surface area contributed by atoms with Crippen LogP contribution in [0.5, 0.6) is 5.75 Å². The van der Waals surface area contributed by atoms with Crippen LogP contribution < -0.4 is 4.74 Å². The summed E-state index contributed by atoms with van der Waals surface area (Å²) in [5, 5.41) is 0. The molecule has 0 spiro atoms. The van der Waals surface area contributed by atoms with E-state index in [-0.39, 0.29) is 6.10 Å². The van der Waals surface area contributed by atoms with Gasteiger partial charge in [0, 0.05) is 12.0 Å². The van der Waals surface area contributed by atoms with Crippen LogP contribution in [0.15, 0.2) is 42.5 Å². The van der Waals surface area contributed by atoms with Gasteiger partial charge in [0.05, 0.1) is 6.10 Å². The predicted molar refractivity (Wildman–Crippen MR) is 110 cm³/mol. The second-order valence-electron chi connectivity index (χ2n) is 8.24. The normalized spacial score (nSPS) is 19.0. The Morgan fingerprint density at radius 2 is 1.81 bits per heavy atom. The van der Waals surface area contributed by atoms with Crippen molar-refractivity contribution in [2.24, 2.45) is 0 Å². The fraction of sp³-hybridized carbons (Fsp3) is 0.417. The molecule has 2 aliphatic carbocycles. The molecule has 0 amide bonds. The number of nitrogens with zero attached hydrogens (tertiary/aromatic N) is 1. The highest BCUT2D eigenvalue weighted by atomic mass is 16.5. The van der Waals surface area contributed by atoms with Crippen LogP contribution in [-0.4, -0.2) is 31.1 Å². The molecule has 26 heavy (non-hydrogen) atoms. The second kappa shape index (κ2) is 6.59. The lowest BCUT2D eigenvalue weighted by Crippen LogP contribution is -2.24. The highest BCUT2D eigenvalue weighted by Gasteiger charge is 2.38. The first-order chi connectivity index (χ1) is 12.5. The van der Waals surface area contributed by atoms with Crippen molar-refractivity contribution in [1.82, 2.24) is 4.90 Å². The molecule has 2 nitrogen and oxygen atoms in total. The average molecular weight is 348 g/mol. The van der Waals surface area contributed by atoms with Crippen LogP contribution in [0.3, 0.4) is 0 Å². The molecular formula is C24H29NO. The fourth-order valence-electron chi connectivity index (χ4n) is 4.40. The Morgan fingerprint density at radius 1 is 1.04 bits per heavy atom. The van der Waals surface area contributed by atoms with Crippen molar-refractivity contribution in [3.8, 4) is 5.75 Å². The Bertz CT molecular complexity index is 862. The van der Waals surface area contributed by atoms with Gasteiger partial charge in [-0.1, -0.05) is 30.3 Å². The van der Waals surface area contributed by atoms with Crippen LogP contribution in [0.1, 0.15) is 55.4 Å². The number of rotatable bonds is 5. The van der Waals surface area contributed by atoms with E-state index in [1.54, 1.807) is 5.57 Å². The largest absolute Gasteiger partial charge is 0.491 e. The van der Waals surface area contributed by atoms with Crippen LogP contribution in [0.4, 0.5) is 0 Å². The summed E-state index contributed by atoms with van der Waals surface area (Å²) >= 11 is 0. The number of fused-ring (bicyclic) bond motifs is 5. The molecule has 2 aliphatic rings. The van der Waals surface area contributed by atoms with Crippen molar-refractivity contribution >= 4 is 11.1 Å². The fourth-order valence-corrected chi connectivity index (χ4v) is 4.40. The molecule has 0 fully saturated rings. The number of allylic oxidation sites excluding steroid dienone is 1. The van der Waals surface area contributed by atoms with Gasteiger partial charge in [0.25, 0.3) is 0 Å². The molecular weight excluding hydrogens is 318 g/mol. The monoisotopic (exact) mass is 347 g/mol. The summed E-state index contributed by atoms with van der Waals surface area (Å²) in [7, 11) is 4.34. The summed E-state index contributed by atoms with van der Waals surface area (Å²) in [6, 6.07) is 16.2. The molecule has 0 aliphatic heterocycles. The van der Waals surface area contributed by atoms with E-state index in [4.69, 9.17) is 4.74 Å². The number of hydrogen-bond donors (Lipinski definition) is 0. The zero-order chi connectivity index (χ0) is 18.4. The van der Waals surface area contributed by atoms with Gasteiger partial charge in [-0.2, -0.15) is 0 Å². The van der Waals surface area contributed by atoms with Crippen LogP contribution in [0.2, 0.25) is 0 Å². The molecule has 4 rings (SSSR count). The molecule has 0 N–H and O–H groups in total. The first kappa shape index (κ1) is 17.4. The van der Waals surface area contributed by atoms with Crippen molar-refractivity contribution in [2.45, 2.75) is 51.7 Å². The summed E-state index contributed by atoms with van der Waals surface area (Å²) in [6.45, 7) is 6.49. The second-order valence-corrected chi connectivity index (χ2v) is 8.24. The Hall–Kier alpha value is -2.06. The maximum atomic E-state index is 6.00. The topological polar surface area (TPSA) is 12.5 Å².